The zero-order chi connectivity index (χ0) is 14.9. The van der Waals surface area contributed by atoms with E-state index in [1.54, 1.807) is 0 Å². The van der Waals surface area contributed by atoms with E-state index in [-0.39, 0.29) is 6.54 Å². The normalized spacial score (nSPS) is 20.2. The molecule has 0 saturated carbocycles. The van der Waals surface area contributed by atoms with Crippen LogP contribution in [0, 0.1) is 10.8 Å². The Hall–Kier alpha value is -0.950. The molecule has 0 aromatic heterocycles. The van der Waals surface area contributed by atoms with Gasteiger partial charge in [0.25, 0.3) is 0 Å². The second kappa shape index (κ2) is 5.20. The number of halogens is 6. The molecule has 0 atom stereocenters. The lowest BCUT2D eigenvalue weighted by Crippen LogP contribution is -2.51. The Morgan fingerprint density at radius 1 is 1.11 bits per heavy atom. The van der Waals surface area contributed by atoms with Crippen molar-refractivity contribution in [1.82, 2.24) is 4.90 Å². The average molecular weight is 290 g/mol. The predicted molar refractivity (Wildman–Crippen MR) is 58.0 cm³/mol. The van der Waals surface area contributed by atoms with Gasteiger partial charge in [0, 0.05) is 19.5 Å². The third kappa shape index (κ3) is 2.97. The fourth-order valence-electron chi connectivity index (χ4n) is 2.18. The highest BCUT2D eigenvalue weighted by atomic mass is 19.4. The van der Waals surface area contributed by atoms with Crippen molar-refractivity contribution in [1.29, 1.82) is 5.41 Å². The van der Waals surface area contributed by atoms with Crippen LogP contribution in [0.5, 0.6) is 0 Å². The van der Waals surface area contributed by atoms with Crippen LogP contribution in [0.1, 0.15) is 32.6 Å². The molecular formula is C11H16F6N2. The van der Waals surface area contributed by atoms with Gasteiger partial charge in [0.2, 0.25) is 0 Å². The maximum absolute atomic E-state index is 12.8. The van der Waals surface area contributed by atoms with Crippen LogP contribution in [0.25, 0.3) is 0 Å². The van der Waals surface area contributed by atoms with E-state index in [2.05, 4.69) is 0 Å². The minimum Gasteiger partial charge on any atom is -0.359 e. The quantitative estimate of drug-likeness (QED) is 0.615. The zero-order valence-corrected chi connectivity index (χ0v) is 10.5. The molecule has 8 heteroatoms. The van der Waals surface area contributed by atoms with Gasteiger partial charge in [0.1, 0.15) is 0 Å². The number of unbranched alkanes of at least 4 members (excludes halogenated alkanes) is 2. The average Bonchev–Trinajstić information content (AvgIpc) is 2.56. The Bertz CT molecular complexity index is 319. The van der Waals surface area contributed by atoms with Crippen molar-refractivity contribution in [2.75, 3.05) is 13.1 Å². The van der Waals surface area contributed by atoms with Crippen LogP contribution in [-0.4, -0.2) is 36.2 Å². The largest absolute Gasteiger partial charge is 0.405 e. The number of alkyl halides is 6. The first-order chi connectivity index (χ1) is 8.55. The molecule has 0 spiro atoms. The Balaban J connectivity index is 2.91. The van der Waals surface area contributed by atoms with E-state index in [4.69, 9.17) is 5.41 Å². The molecule has 0 aromatic carbocycles. The van der Waals surface area contributed by atoms with E-state index in [0.29, 0.717) is 6.42 Å². The van der Waals surface area contributed by atoms with E-state index >= 15 is 0 Å². The number of nitrogens with zero attached hydrogens (tertiary/aromatic N) is 1. The van der Waals surface area contributed by atoms with Gasteiger partial charge in [0.05, 0.1) is 5.84 Å². The van der Waals surface area contributed by atoms with Crippen molar-refractivity contribution in [3.63, 3.8) is 0 Å². The summed E-state index contributed by atoms with van der Waals surface area (Å²) in [6.07, 6.45) is -10.1. The highest BCUT2D eigenvalue weighted by Crippen LogP contribution is 2.55. The van der Waals surface area contributed by atoms with Crippen LogP contribution in [0.2, 0.25) is 0 Å². The third-order valence-electron chi connectivity index (χ3n) is 3.43. The highest BCUT2D eigenvalue weighted by Gasteiger charge is 2.73. The van der Waals surface area contributed by atoms with E-state index in [1.165, 1.54) is 0 Å². The number of hydrogen-bond acceptors (Lipinski definition) is 1. The summed E-state index contributed by atoms with van der Waals surface area (Å²) in [6.45, 7) is 0.758. The summed E-state index contributed by atoms with van der Waals surface area (Å²) in [6, 6.07) is 0. The first-order valence-corrected chi connectivity index (χ1v) is 6.01. The van der Waals surface area contributed by atoms with Crippen LogP contribution in [0.4, 0.5) is 26.3 Å². The van der Waals surface area contributed by atoms with Crippen molar-refractivity contribution in [3.05, 3.63) is 0 Å². The van der Waals surface area contributed by atoms with E-state index in [1.807, 2.05) is 6.92 Å². The summed E-state index contributed by atoms with van der Waals surface area (Å²) in [7, 11) is 0. The predicted octanol–water partition coefficient (Wildman–Crippen LogP) is 3.97. The number of likely N-dealkylation sites (tertiary alicyclic amines) is 1. The van der Waals surface area contributed by atoms with Gasteiger partial charge in [-0.05, 0) is 6.42 Å². The third-order valence-corrected chi connectivity index (χ3v) is 3.43. The van der Waals surface area contributed by atoms with Crippen LogP contribution < -0.4 is 0 Å². The van der Waals surface area contributed by atoms with Gasteiger partial charge in [-0.1, -0.05) is 19.8 Å². The molecular weight excluding hydrogens is 274 g/mol. The van der Waals surface area contributed by atoms with E-state index in [9.17, 15) is 26.3 Å². The number of rotatable bonds is 4. The molecule has 1 heterocycles. The molecule has 1 N–H and O–H groups in total. The first-order valence-electron chi connectivity index (χ1n) is 6.01. The molecule has 112 valence electrons. The molecule has 0 amide bonds. The van der Waals surface area contributed by atoms with Crippen molar-refractivity contribution in [2.45, 2.75) is 45.0 Å². The number of hydrogen-bond donors (Lipinski definition) is 1. The van der Waals surface area contributed by atoms with Gasteiger partial charge < -0.3 is 4.90 Å². The fourth-order valence-corrected chi connectivity index (χ4v) is 2.18. The summed E-state index contributed by atoms with van der Waals surface area (Å²) < 4.78 is 76.8. The van der Waals surface area contributed by atoms with Crippen LogP contribution in [0.3, 0.4) is 0 Å². The SMILES string of the molecule is CCCCCN1CC(C(F)(F)F)(C(F)(F)F)CC1=N. The van der Waals surface area contributed by atoms with Crippen LogP contribution in [0.15, 0.2) is 0 Å². The van der Waals surface area contributed by atoms with Crippen molar-refractivity contribution in [3.8, 4) is 0 Å². The van der Waals surface area contributed by atoms with Crippen molar-refractivity contribution >= 4 is 5.84 Å². The molecule has 0 aliphatic carbocycles. The summed E-state index contributed by atoms with van der Waals surface area (Å²) in [4.78, 5) is 0.899. The van der Waals surface area contributed by atoms with Gasteiger partial charge >= 0.3 is 12.4 Å². The van der Waals surface area contributed by atoms with Crippen molar-refractivity contribution < 1.29 is 26.3 Å². The monoisotopic (exact) mass is 290 g/mol. The molecule has 2 nitrogen and oxygen atoms in total. The Kier molecular flexibility index (Phi) is 4.41. The molecule has 1 rings (SSSR count). The number of amidine groups is 1. The lowest BCUT2D eigenvalue weighted by Gasteiger charge is -2.33. The highest BCUT2D eigenvalue weighted by molar-refractivity contribution is 5.82. The second-order valence-electron chi connectivity index (χ2n) is 4.83. The summed E-state index contributed by atoms with van der Waals surface area (Å²) in [5.74, 6) is -0.578. The molecule has 0 aromatic rings. The Morgan fingerprint density at radius 3 is 2.00 bits per heavy atom. The lowest BCUT2D eigenvalue weighted by molar-refractivity contribution is -0.334. The summed E-state index contributed by atoms with van der Waals surface area (Å²) in [5, 5.41) is 7.38. The van der Waals surface area contributed by atoms with Gasteiger partial charge in [-0.25, -0.2) is 0 Å². The first kappa shape index (κ1) is 16.1. The van der Waals surface area contributed by atoms with Gasteiger partial charge in [0.15, 0.2) is 5.41 Å². The van der Waals surface area contributed by atoms with Gasteiger partial charge in [-0.15, -0.1) is 0 Å². The second-order valence-corrected chi connectivity index (χ2v) is 4.83. The Morgan fingerprint density at radius 2 is 1.63 bits per heavy atom. The van der Waals surface area contributed by atoms with Gasteiger partial charge in [-0.3, -0.25) is 5.41 Å². The lowest BCUT2D eigenvalue weighted by atomic mass is 9.85. The fraction of sp³-hybridized carbons (Fsp3) is 0.909. The van der Waals surface area contributed by atoms with E-state index in [0.717, 1.165) is 17.7 Å². The molecule has 0 unspecified atom stereocenters. The molecule has 1 saturated heterocycles. The number of nitrogens with one attached hydrogen (secondary N) is 1. The molecule has 1 aliphatic heterocycles. The van der Waals surface area contributed by atoms with Crippen LogP contribution >= 0.6 is 0 Å². The maximum Gasteiger partial charge on any atom is 0.405 e. The van der Waals surface area contributed by atoms with Crippen LogP contribution in [-0.2, 0) is 0 Å². The molecule has 1 fully saturated rings. The molecule has 1 aliphatic rings. The Labute approximate surface area is 107 Å². The maximum atomic E-state index is 12.8. The zero-order valence-electron chi connectivity index (χ0n) is 10.5. The summed E-state index contributed by atoms with van der Waals surface area (Å²) in [5.41, 5.74) is -3.79. The standard InChI is InChI=1S/C11H16F6N2/c1-2-3-4-5-19-7-9(6-8(19)18,10(12,13)14)11(15,16)17/h18H,2-7H2,1H3. The minimum absolute atomic E-state index is 0.0700. The topological polar surface area (TPSA) is 27.1 Å². The molecule has 0 bridgehead atoms. The molecule has 19 heavy (non-hydrogen) atoms. The molecule has 0 radical (unpaired) electrons. The van der Waals surface area contributed by atoms with Crippen molar-refractivity contribution in [2.24, 2.45) is 5.41 Å². The summed E-state index contributed by atoms with van der Waals surface area (Å²) >= 11 is 0. The van der Waals surface area contributed by atoms with E-state index < -0.39 is 36.6 Å². The minimum atomic E-state index is -5.39. The van der Waals surface area contributed by atoms with Gasteiger partial charge in [-0.2, -0.15) is 26.3 Å². The smallest absolute Gasteiger partial charge is 0.359 e.